The van der Waals surface area contributed by atoms with Crippen molar-refractivity contribution in [3.8, 4) is 0 Å². The first-order valence-corrected chi connectivity index (χ1v) is 8.17. The molecular formula is C16H24BrNO. The number of rotatable bonds is 4. The fraction of sp³-hybridized carbons (Fsp3) is 0.625. The third kappa shape index (κ3) is 3.51. The minimum atomic E-state index is -0.420. The van der Waals surface area contributed by atoms with E-state index in [1.807, 2.05) is 6.07 Å². The number of piperidine rings is 1. The minimum Gasteiger partial charge on any atom is -0.389 e. The fourth-order valence-corrected chi connectivity index (χ4v) is 3.71. The van der Waals surface area contributed by atoms with E-state index < -0.39 is 6.10 Å². The maximum atomic E-state index is 9.70. The summed E-state index contributed by atoms with van der Waals surface area (Å²) >= 11 is 3.59. The van der Waals surface area contributed by atoms with Crippen molar-refractivity contribution in [1.82, 2.24) is 0 Å². The van der Waals surface area contributed by atoms with Gasteiger partial charge in [-0.05, 0) is 50.3 Å². The zero-order chi connectivity index (χ0) is 13.8. The maximum absolute atomic E-state index is 9.70. The first-order chi connectivity index (χ1) is 9.13. The molecule has 1 heterocycles. The van der Waals surface area contributed by atoms with Crippen LogP contribution in [0.4, 0.5) is 5.69 Å². The zero-order valence-corrected chi connectivity index (χ0v) is 13.5. The number of aliphatic hydroxyl groups is 1. The predicted molar refractivity (Wildman–Crippen MR) is 84.7 cm³/mol. The van der Waals surface area contributed by atoms with Gasteiger partial charge in [0.25, 0.3) is 0 Å². The molecule has 0 spiro atoms. The van der Waals surface area contributed by atoms with Crippen molar-refractivity contribution in [2.75, 3.05) is 11.4 Å². The largest absolute Gasteiger partial charge is 0.389 e. The molecule has 1 saturated heterocycles. The van der Waals surface area contributed by atoms with Crippen LogP contribution in [0.2, 0.25) is 0 Å². The standard InChI is InChI=1S/C16H24BrNO/c1-3-6-13-7-4-5-10-18(13)14-8-9-15(12(2)19)16(17)11-14/h8-9,11-13,19H,3-7,10H2,1-2H3/t12-,13?/m0/s1. The summed E-state index contributed by atoms with van der Waals surface area (Å²) in [5.74, 6) is 0. The minimum absolute atomic E-state index is 0.420. The summed E-state index contributed by atoms with van der Waals surface area (Å²) in [4.78, 5) is 2.55. The van der Waals surface area contributed by atoms with Crippen LogP contribution < -0.4 is 4.90 Å². The molecular weight excluding hydrogens is 302 g/mol. The number of nitrogens with zero attached hydrogens (tertiary/aromatic N) is 1. The number of hydrogen-bond acceptors (Lipinski definition) is 2. The van der Waals surface area contributed by atoms with E-state index in [0.717, 1.165) is 16.6 Å². The highest BCUT2D eigenvalue weighted by Crippen LogP contribution is 2.32. The lowest BCUT2D eigenvalue weighted by Gasteiger charge is -2.38. The van der Waals surface area contributed by atoms with E-state index >= 15 is 0 Å². The molecule has 1 fully saturated rings. The van der Waals surface area contributed by atoms with Gasteiger partial charge in [0, 0.05) is 22.7 Å². The van der Waals surface area contributed by atoms with E-state index in [1.54, 1.807) is 6.92 Å². The molecule has 2 atom stereocenters. The Labute approximate surface area is 124 Å². The molecule has 0 bridgehead atoms. The monoisotopic (exact) mass is 325 g/mol. The summed E-state index contributed by atoms with van der Waals surface area (Å²) < 4.78 is 1.01. The van der Waals surface area contributed by atoms with Crippen molar-refractivity contribution in [1.29, 1.82) is 0 Å². The first kappa shape index (κ1) is 14.9. The highest BCUT2D eigenvalue weighted by atomic mass is 79.9. The first-order valence-electron chi connectivity index (χ1n) is 7.37. The quantitative estimate of drug-likeness (QED) is 0.870. The molecule has 1 aromatic carbocycles. The smallest absolute Gasteiger partial charge is 0.0772 e. The molecule has 1 aliphatic rings. The zero-order valence-electron chi connectivity index (χ0n) is 11.9. The Kier molecular flexibility index (Phi) is 5.28. The van der Waals surface area contributed by atoms with Crippen molar-refractivity contribution >= 4 is 21.6 Å². The Morgan fingerprint density at radius 1 is 1.42 bits per heavy atom. The van der Waals surface area contributed by atoms with Crippen molar-refractivity contribution in [3.63, 3.8) is 0 Å². The van der Waals surface area contributed by atoms with Gasteiger partial charge in [-0.3, -0.25) is 0 Å². The normalized spacial score (nSPS) is 21.5. The molecule has 0 radical (unpaired) electrons. The number of anilines is 1. The van der Waals surface area contributed by atoms with Crippen LogP contribution in [-0.2, 0) is 0 Å². The van der Waals surface area contributed by atoms with E-state index in [1.165, 1.54) is 37.8 Å². The van der Waals surface area contributed by atoms with Gasteiger partial charge in [0.1, 0.15) is 0 Å². The number of hydrogen-bond donors (Lipinski definition) is 1. The summed E-state index contributed by atoms with van der Waals surface area (Å²) in [6, 6.07) is 7.04. The van der Waals surface area contributed by atoms with Crippen LogP contribution in [0.15, 0.2) is 22.7 Å². The highest BCUT2D eigenvalue weighted by molar-refractivity contribution is 9.10. The third-order valence-electron chi connectivity index (χ3n) is 4.01. The SMILES string of the molecule is CCCC1CCCCN1c1ccc([C@H](C)O)c(Br)c1. The summed E-state index contributed by atoms with van der Waals surface area (Å²) in [7, 11) is 0. The Morgan fingerprint density at radius 3 is 2.84 bits per heavy atom. The Balaban J connectivity index is 2.22. The molecule has 2 nitrogen and oxygen atoms in total. The molecule has 2 rings (SSSR count). The highest BCUT2D eigenvalue weighted by Gasteiger charge is 2.22. The van der Waals surface area contributed by atoms with Gasteiger partial charge in [0.2, 0.25) is 0 Å². The van der Waals surface area contributed by atoms with Gasteiger partial charge in [-0.15, -0.1) is 0 Å². The predicted octanol–water partition coefficient (Wildman–Crippen LogP) is 4.66. The van der Waals surface area contributed by atoms with Crippen molar-refractivity contribution in [3.05, 3.63) is 28.2 Å². The number of benzene rings is 1. The van der Waals surface area contributed by atoms with Crippen LogP contribution in [0.25, 0.3) is 0 Å². The average molecular weight is 326 g/mol. The van der Waals surface area contributed by atoms with E-state index in [4.69, 9.17) is 0 Å². The number of aliphatic hydroxyl groups excluding tert-OH is 1. The fourth-order valence-electron chi connectivity index (χ4n) is 3.01. The van der Waals surface area contributed by atoms with Crippen molar-refractivity contribution in [2.45, 2.75) is 58.1 Å². The van der Waals surface area contributed by atoms with Crippen LogP contribution in [0.5, 0.6) is 0 Å². The summed E-state index contributed by atoms with van der Waals surface area (Å²) in [5.41, 5.74) is 2.25. The van der Waals surface area contributed by atoms with Crippen molar-refractivity contribution < 1.29 is 5.11 Å². The summed E-state index contributed by atoms with van der Waals surface area (Å²) in [6.07, 6.45) is 6.05. The average Bonchev–Trinajstić information content (AvgIpc) is 2.39. The van der Waals surface area contributed by atoms with Gasteiger partial charge in [-0.2, -0.15) is 0 Å². The van der Waals surface area contributed by atoms with Crippen LogP contribution >= 0.6 is 15.9 Å². The molecule has 1 aliphatic heterocycles. The molecule has 0 aliphatic carbocycles. The summed E-state index contributed by atoms with van der Waals surface area (Å²) in [6.45, 7) is 5.23. The number of halogens is 1. The second-order valence-corrected chi connectivity index (χ2v) is 6.37. The Morgan fingerprint density at radius 2 is 2.21 bits per heavy atom. The second kappa shape index (κ2) is 6.76. The van der Waals surface area contributed by atoms with Gasteiger partial charge < -0.3 is 10.0 Å². The molecule has 0 aromatic heterocycles. The van der Waals surface area contributed by atoms with E-state index in [9.17, 15) is 5.11 Å². The van der Waals surface area contributed by atoms with E-state index in [0.29, 0.717) is 6.04 Å². The Hall–Kier alpha value is -0.540. The molecule has 19 heavy (non-hydrogen) atoms. The van der Waals surface area contributed by atoms with E-state index in [-0.39, 0.29) is 0 Å². The molecule has 1 aromatic rings. The van der Waals surface area contributed by atoms with E-state index in [2.05, 4.69) is 39.9 Å². The molecule has 3 heteroatoms. The van der Waals surface area contributed by atoms with Crippen LogP contribution in [0, 0.1) is 0 Å². The lowest BCUT2D eigenvalue weighted by molar-refractivity contribution is 0.198. The molecule has 1 unspecified atom stereocenters. The van der Waals surface area contributed by atoms with Gasteiger partial charge >= 0.3 is 0 Å². The Bertz CT molecular complexity index is 417. The van der Waals surface area contributed by atoms with Gasteiger partial charge in [-0.25, -0.2) is 0 Å². The molecule has 0 amide bonds. The maximum Gasteiger partial charge on any atom is 0.0772 e. The van der Waals surface area contributed by atoms with Gasteiger partial charge in [0.05, 0.1) is 6.10 Å². The van der Waals surface area contributed by atoms with Crippen molar-refractivity contribution in [2.24, 2.45) is 0 Å². The lowest BCUT2D eigenvalue weighted by atomic mass is 9.97. The van der Waals surface area contributed by atoms with Crippen LogP contribution in [-0.4, -0.2) is 17.7 Å². The van der Waals surface area contributed by atoms with Gasteiger partial charge in [0.15, 0.2) is 0 Å². The van der Waals surface area contributed by atoms with Crippen LogP contribution in [0.3, 0.4) is 0 Å². The second-order valence-electron chi connectivity index (χ2n) is 5.51. The molecule has 0 saturated carbocycles. The topological polar surface area (TPSA) is 23.5 Å². The lowest BCUT2D eigenvalue weighted by Crippen LogP contribution is -2.39. The summed E-state index contributed by atoms with van der Waals surface area (Å²) in [5, 5.41) is 9.70. The molecule has 106 valence electrons. The third-order valence-corrected chi connectivity index (χ3v) is 4.70. The molecule has 1 N–H and O–H groups in total. The van der Waals surface area contributed by atoms with Crippen LogP contribution in [0.1, 0.15) is 57.6 Å². The van der Waals surface area contributed by atoms with Gasteiger partial charge in [-0.1, -0.05) is 35.3 Å².